The summed E-state index contributed by atoms with van der Waals surface area (Å²) in [6.45, 7) is 6.77. The molecule has 2 aromatic carbocycles. The summed E-state index contributed by atoms with van der Waals surface area (Å²) >= 11 is 0. The summed E-state index contributed by atoms with van der Waals surface area (Å²) in [4.78, 5) is 19.2. The number of amides is 1. The summed E-state index contributed by atoms with van der Waals surface area (Å²) in [6.07, 6.45) is 4.81. The maximum atomic E-state index is 15.5. The van der Waals surface area contributed by atoms with E-state index in [0.29, 0.717) is 41.2 Å². The van der Waals surface area contributed by atoms with Crippen LogP contribution in [-0.2, 0) is 4.79 Å². The van der Waals surface area contributed by atoms with Gasteiger partial charge in [0.2, 0.25) is 0 Å². The Morgan fingerprint density at radius 1 is 1.18 bits per heavy atom. The van der Waals surface area contributed by atoms with Crippen molar-refractivity contribution in [1.29, 1.82) is 5.26 Å². The Morgan fingerprint density at radius 3 is 2.65 bits per heavy atom. The summed E-state index contributed by atoms with van der Waals surface area (Å²) < 4.78 is 23.1. The number of pyridine rings is 1. The minimum Gasteiger partial charge on any atom is -0.457 e. The lowest BCUT2D eigenvalue weighted by Gasteiger charge is -2.33. The predicted octanol–water partition coefficient (Wildman–Crippen LogP) is 6.27. The van der Waals surface area contributed by atoms with Gasteiger partial charge in [0.15, 0.2) is 0 Å². The van der Waals surface area contributed by atoms with Gasteiger partial charge in [-0.25, -0.2) is 9.37 Å². The summed E-state index contributed by atoms with van der Waals surface area (Å²) in [6, 6.07) is 17.5. The predicted molar refractivity (Wildman–Crippen MR) is 152 cm³/mol. The van der Waals surface area contributed by atoms with Crippen molar-refractivity contribution in [1.82, 2.24) is 19.7 Å². The number of fused-ring (bicyclic) bond motifs is 1. The topological polar surface area (TPSA) is 110 Å². The summed E-state index contributed by atoms with van der Waals surface area (Å²) in [5.74, 6) is 0.410. The Balaban J connectivity index is 1.49. The van der Waals surface area contributed by atoms with Gasteiger partial charge in [-0.1, -0.05) is 45.0 Å². The minimum absolute atomic E-state index is 0.132. The molecular formula is C31H31FN6O2. The van der Waals surface area contributed by atoms with Crippen molar-refractivity contribution in [2.75, 3.05) is 18.8 Å². The highest BCUT2D eigenvalue weighted by molar-refractivity contribution is 6.00. The van der Waals surface area contributed by atoms with Crippen molar-refractivity contribution in [3.8, 4) is 28.8 Å². The van der Waals surface area contributed by atoms with E-state index in [1.54, 1.807) is 47.5 Å². The first kappa shape index (κ1) is 26.9. The number of nitriles is 1. The number of likely N-dealkylation sites (tertiary alicyclic amines) is 1. The highest BCUT2D eigenvalue weighted by Crippen LogP contribution is 2.37. The largest absolute Gasteiger partial charge is 0.457 e. The maximum Gasteiger partial charge on any atom is 0.264 e. The molecule has 0 radical (unpaired) electrons. The number of hydrogen-bond donors (Lipinski definition) is 1. The number of anilines is 1. The van der Waals surface area contributed by atoms with E-state index in [0.717, 1.165) is 12.8 Å². The highest BCUT2D eigenvalue weighted by atomic mass is 19.1. The first-order valence-electron chi connectivity index (χ1n) is 13.2. The lowest BCUT2D eigenvalue weighted by Crippen LogP contribution is -2.41. The monoisotopic (exact) mass is 538 g/mol. The van der Waals surface area contributed by atoms with Crippen LogP contribution in [0.25, 0.3) is 22.2 Å². The van der Waals surface area contributed by atoms with E-state index in [9.17, 15) is 10.1 Å². The van der Waals surface area contributed by atoms with Crippen LogP contribution in [0.3, 0.4) is 0 Å². The van der Waals surface area contributed by atoms with Gasteiger partial charge in [0.05, 0.1) is 16.9 Å². The molecule has 5 rings (SSSR count). The number of nitrogen functional groups attached to an aromatic ring is 1. The molecule has 0 bridgehead atoms. The molecule has 1 saturated heterocycles. The molecule has 4 aromatic rings. The number of carbonyl (C=O) groups excluding carboxylic acids is 1. The van der Waals surface area contributed by atoms with E-state index < -0.39 is 5.82 Å². The Bertz CT molecular complexity index is 1630. The van der Waals surface area contributed by atoms with E-state index in [4.69, 9.17) is 15.6 Å². The van der Waals surface area contributed by atoms with E-state index in [2.05, 4.69) is 11.1 Å². The van der Waals surface area contributed by atoms with Crippen molar-refractivity contribution < 1.29 is 13.9 Å². The fraction of sp³-hybridized carbons (Fsp3) is 0.290. The number of nitrogens with zero attached hydrogens (tertiary/aromatic N) is 5. The number of hydrogen-bond acceptors (Lipinski definition) is 6. The second-order valence-electron chi connectivity index (χ2n) is 11.0. The molecule has 0 saturated carbocycles. The number of halogens is 1. The molecule has 0 spiro atoms. The van der Waals surface area contributed by atoms with Gasteiger partial charge in [-0.3, -0.25) is 9.48 Å². The number of piperidine rings is 1. The Labute approximate surface area is 232 Å². The average Bonchev–Trinajstić information content (AvgIpc) is 3.32. The zero-order chi connectivity index (χ0) is 28.4. The second-order valence-corrected chi connectivity index (χ2v) is 11.0. The number of para-hydroxylation sites is 1. The Morgan fingerprint density at radius 2 is 1.95 bits per heavy atom. The molecule has 2 N–H and O–H groups in total. The zero-order valence-corrected chi connectivity index (χ0v) is 22.8. The zero-order valence-electron chi connectivity index (χ0n) is 22.8. The standard InChI is InChI=1S/C31H31FN6O2/c1-31(2,3)17-20(18-33)30(39)37-15-7-8-21(19-37)38-26-13-14-35-29(34)27(26)28(36-38)24-12-11-23(16-25(24)32)40-22-9-5-4-6-10-22/h4-6,9-14,16-17,21H,7-8,15,19H2,1-3H3,(H2,34,35)/b20-17-/t21-/m1/s1. The molecule has 1 amide bonds. The van der Waals surface area contributed by atoms with Crippen LogP contribution >= 0.6 is 0 Å². The van der Waals surface area contributed by atoms with Gasteiger partial charge < -0.3 is 15.4 Å². The van der Waals surface area contributed by atoms with Gasteiger partial charge in [0, 0.05) is 30.9 Å². The summed E-state index contributed by atoms with van der Waals surface area (Å²) in [5.41, 5.74) is 7.47. The Kier molecular flexibility index (Phi) is 7.26. The molecule has 40 heavy (non-hydrogen) atoms. The fourth-order valence-corrected chi connectivity index (χ4v) is 5.04. The van der Waals surface area contributed by atoms with Crippen LogP contribution in [0.4, 0.5) is 10.2 Å². The number of aromatic nitrogens is 3. The third-order valence-electron chi connectivity index (χ3n) is 6.78. The average molecular weight is 539 g/mol. The molecule has 0 aliphatic carbocycles. The maximum absolute atomic E-state index is 15.5. The van der Waals surface area contributed by atoms with Crippen LogP contribution < -0.4 is 10.5 Å². The molecule has 0 unspecified atom stereocenters. The number of benzene rings is 2. The van der Waals surface area contributed by atoms with E-state index in [1.165, 1.54) is 6.07 Å². The molecular weight excluding hydrogens is 507 g/mol. The number of carbonyl (C=O) groups is 1. The van der Waals surface area contributed by atoms with Crippen molar-refractivity contribution in [2.45, 2.75) is 39.7 Å². The fourth-order valence-electron chi connectivity index (χ4n) is 5.04. The van der Waals surface area contributed by atoms with Gasteiger partial charge in [0.25, 0.3) is 5.91 Å². The quantitative estimate of drug-likeness (QED) is 0.237. The molecule has 1 aliphatic rings. The normalized spacial score (nSPS) is 16.1. The van der Waals surface area contributed by atoms with Crippen molar-refractivity contribution in [3.63, 3.8) is 0 Å². The summed E-state index contributed by atoms with van der Waals surface area (Å²) in [5, 5.41) is 15.0. The van der Waals surface area contributed by atoms with Crippen LogP contribution in [0.15, 0.2) is 72.4 Å². The molecule has 9 heteroatoms. The highest BCUT2D eigenvalue weighted by Gasteiger charge is 2.30. The number of allylic oxidation sites excluding steroid dienone is 1. The number of rotatable bonds is 5. The number of ether oxygens (including phenoxy) is 1. The van der Waals surface area contributed by atoms with Crippen LogP contribution in [0.1, 0.15) is 39.7 Å². The molecule has 1 fully saturated rings. The van der Waals surface area contributed by atoms with Crippen LogP contribution in [0, 0.1) is 22.6 Å². The van der Waals surface area contributed by atoms with Gasteiger partial charge in [-0.2, -0.15) is 10.4 Å². The second kappa shape index (κ2) is 10.8. The smallest absolute Gasteiger partial charge is 0.264 e. The third-order valence-corrected chi connectivity index (χ3v) is 6.78. The summed E-state index contributed by atoms with van der Waals surface area (Å²) in [7, 11) is 0. The number of nitrogens with two attached hydrogens (primary N) is 1. The lowest BCUT2D eigenvalue weighted by atomic mass is 9.93. The lowest BCUT2D eigenvalue weighted by molar-refractivity contribution is -0.128. The van der Waals surface area contributed by atoms with Crippen LogP contribution in [0.2, 0.25) is 0 Å². The van der Waals surface area contributed by atoms with Gasteiger partial charge in [-0.15, -0.1) is 0 Å². The molecule has 1 atom stereocenters. The van der Waals surface area contributed by atoms with Crippen LogP contribution in [-0.4, -0.2) is 38.7 Å². The van der Waals surface area contributed by atoms with E-state index in [1.807, 2.05) is 43.7 Å². The van der Waals surface area contributed by atoms with Gasteiger partial charge in [-0.05, 0) is 48.6 Å². The van der Waals surface area contributed by atoms with E-state index >= 15 is 4.39 Å². The van der Waals surface area contributed by atoms with Crippen molar-refractivity contribution in [3.05, 3.63) is 78.3 Å². The molecule has 204 valence electrons. The molecule has 2 aromatic heterocycles. The van der Waals surface area contributed by atoms with Crippen LogP contribution in [0.5, 0.6) is 11.5 Å². The minimum atomic E-state index is -0.505. The van der Waals surface area contributed by atoms with E-state index in [-0.39, 0.29) is 34.3 Å². The molecule has 8 nitrogen and oxygen atoms in total. The van der Waals surface area contributed by atoms with Crippen molar-refractivity contribution in [2.24, 2.45) is 5.41 Å². The first-order valence-corrected chi connectivity index (χ1v) is 13.2. The molecule has 1 aliphatic heterocycles. The SMILES string of the molecule is CC(C)(C)/C=C(/C#N)C(=O)N1CCC[C@@H](n2nc(-c3ccc(Oc4ccccc4)cc3F)c3c(N)nccc32)C1. The third kappa shape index (κ3) is 5.52. The van der Waals surface area contributed by atoms with Gasteiger partial charge >= 0.3 is 0 Å². The first-order chi connectivity index (χ1) is 19.1. The molecule has 3 heterocycles. The van der Waals surface area contributed by atoms with Crippen molar-refractivity contribution >= 4 is 22.6 Å². The Hall–Kier alpha value is -4.71. The van der Waals surface area contributed by atoms with Gasteiger partial charge in [0.1, 0.15) is 40.5 Å².